The van der Waals surface area contributed by atoms with Crippen molar-refractivity contribution in [2.45, 2.75) is 5.76 Å². The molecule has 0 amide bonds. The van der Waals surface area contributed by atoms with E-state index in [-0.39, 0.29) is 11.3 Å². The van der Waals surface area contributed by atoms with Crippen molar-refractivity contribution in [2.24, 2.45) is 5.73 Å². The first-order valence-corrected chi connectivity index (χ1v) is 5.72. The summed E-state index contributed by atoms with van der Waals surface area (Å²) in [4.78, 5) is 0. The molecule has 0 atom stereocenters. The number of nitrogens with one attached hydrogen (secondary N) is 2. The fraction of sp³-hybridized carbons (Fsp3) is 0.125. The molecule has 5 nitrogen and oxygen atoms in total. The van der Waals surface area contributed by atoms with Gasteiger partial charge in [-0.25, -0.2) is 12.8 Å². The maximum atomic E-state index is 13.1. The number of anilines is 1. The van der Waals surface area contributed by atoms with Gasteiger partial charge in [0.1, 0.15) is 11.7 Å². The first kappa shape index (κ1) is 13.3. The van der Waals surface area contributed by atoms with Crippen LogP contribution in [0.1, 0.15) is 5.56 Å². The van der Waals surface area contributed by atoms with Gasteiger partial charge in [-0.2, -0.15) is 8.78 Å². The highest BCUT2D eigenvalue weighted by atomic mass is 32.2. The second-order valence-electron chi connectivity index (χ2n) is 3.02. The number of nitrogen functional groups attached to an aromatic ring is 1. The summed E-state index contributed by atoms with van der Waals surface area (Å²) in [7, 11) is -4.82. The van der Waals surface area contributed by atoms with Crippen LogP contribution in [0.2, 0.25) is 0 Å². The molecule has 1 aromatic carbocycles. The Labute approximate surface area is 95.0 Å². The fourth-order valence-corrected chi connectivity index (χ4v) is 1.55. The molecule has 94 valence electrons. The smallest absolute Gasteiger partial charge is 0.355 e. The van der Waals surface area contributed by atoms with Crippen molar-refractivity contribution in [2.75, 3.05) is 4.72 Å². The highest BCUT2D eigenvalue weighted by Crippen LogP contribution is 2.17. The van der Waals surface area contributed by atoms with E-state index in [0.29, 0.717) is 0 Å². The molecule has 0 radical (unpaired) electrons. The van der Waals surface area contributed by atoms with Gasteiger partial charge in [0.15, 0.2) is 0 Å². The Morgan fingerprint density at radius 1 is 1.41 bits per heavy atom. The molecule has 0 aliphatic heterocycles. The van der Waals surface area contributed by atoms with Crippen LogP contribution in [0, 0.1) is 11.2 Å². The van der Waals surface area contributed by atoms with E-state index >= 15 is 0 Å². The number of rotatable bonds is 4. The molecule has 0 spiro atoms. The van der Waals surface area contributed by atoms with E-state index in [2.05, 4.69) is 0 Å². The summed E-state index contributed by atoms with van der Waals surface area (Å²) in [5, 5.41) is 7.00. The molecule has 17 heavy (non-hydrogen) atoms. The van der Waals surface area contributed by atoms with Crippen LogP contribution < -0.4 is 10.5 Å². The summed E-state index contributed by atoms with van der Waals surface area (Å²) < 4.78 is 60.4. The van der Waals surface area contributed by atoms with Crippen molar-refractivity contribution in [1.29, 1.82) is 5.41 Å². The van der Waals surface area contributed by atoms with Crippen molar-refractivity contribution in [3.63, 3.8) is 0 Å². The number of hydrogen-bond donors (Lipinski definition) is 3. The highest BCUT2D eigenvalue weighted by Gasteiger charge is 2.24. The van der Waals surface area contributed by atoms with Gasteiger partial charge >= 0.3 is 5.76 Å². The van der Waals surface area contributed by atoms with E-state index in [1.54, 1.807) is 4.72 Å². The van der Waals surface area contributed by atoms with E-state index in [0.717, 1.165) is 18.2 Å². The van der Waals surface area contributed by atoms with E-state index in [1.807, 2.05) is 0 Å². The average molecular weight is 267 g/mol. The fourth-order valence-electron chi connectivity index (χ4n) is 1.00. The Kier molecular flexibility index (Phi) is 3.61. The average Bonchev–Trinajstić information content (AvgIpc) is 2.20. The molecule has 0 unspecified atom stereocenters. The zero-order valence-corrected chi connectivity index (χ0v) is 9.06. The Morgan fingerprint density at radius 3 is 2.47 bits per heavy atom. The third-order valence-corrected chi connectivity index (χ3v) is 2.74. The minimum Gasteiger partial charge on any atom is -0.384 e. The SMILES string of the molecule is N=C(N)c1cc(NS(=O)(=O)C(F)F)ccc1F. The predicted octanol–water partition coefficient (Wildman–Crippen LogP) is 1.07. The van der Waals surface area contributed by atoms with Crippen LogP contribution in [0.3, 0.4) is 0 Å². The van der Waals surface area contributed by atoms with Crippen LogP contribution in [-0.4, -0.2) is 20.0 Å². The van der Waals surface area contributed by atoms with Crippen LogP contribution >= 0.6 is 0 Å². The molecule has 0 saturated carbocycles. The Hall–Kier alpha value is -1.77. The minimum atomic E-state index is -4.82. The molecule has 0 bridgehead atoms. The number of halogens is 3. The van der Waals surface area contributed by atoms with Crippen molar-refractivity contribution in [3.8, 4) is 0 Å². The molecule has 0 heterocycles. The largest absolute Gasteiger partial charge is 0.384 e. The summed E-state index contributed by atoms with van der Waals surface area (Å²) >= 11 is 0. The Morgan fingerprint density at radius 2 is 2.00 bits per heavy atom. The topological polar surface area (TPSA) is 96.0 Å². The van der Waals surface area contributed by atoms with Crippen LogP contribution in [0.4, 0.5) is 18.9 Å². The predicted molar refractivity (Wildman–Crippen MR) is 56.0 cm³/mol. The minimum absolute atomic E-state index is 0.295. The lowest BCUT2D eigenvalue weighted by Gasteiger charge is -2.08. The van der Waals surface area contributed by atoms with Gasteiger partial charge in [-0.1, -0.05) is 0 Å². The summed E-state index contributed by atoms with van der Waals surface area (Å²) in [6, 6.07) is 2.62. The second kappa shape index (κ2) is 4.62. The molecule has 4 N–H and O–H groups in total. The van der Waals surface area contributed by atoms with Gasteiger partial charge < -0.3 is 5.73 Å². The summed E-state index contributed by atoms with van der Waals surface area (Å²) in [5.41, 5.74) is 4.35. The summed E-state index contributed by atoms with van der Waals surface area (Å²) in [5.74, 6) is -5.09. The molecular weight excluding hydrogens is 259 g/mol. The Balaban J connectivity index is 3.10. The van der Waals surface area contributed by atoms with Gasteiger partial charge in [0.25, 0.3) is 10.0 Å². The third kappa shape index (κ3) is 3.09. The maximum Gasteiger partial charge on any atom is 0.355 e. The van der Waals surface area contributed by atoms with Gasteiger partial charge in [-0.3, -0.25) is 10.1 Å². The van der Waals surface area contributed by atoms with Crippen LogP contribution in [-0.2, 0) is 10.0 Å². The van der Waals surface area contributed by atoms with Crippen molar-refractivity contribution >= 4 is 21.5 Å². The first-order chi connectivity index (χ1) is 7.74. The van der Waals surface area contributed by atoms with Gasteiger partial charge in [0.05, 0.1) is 5.56 Å². The number of alkyl halides is 2. The molecular formula is C8H8F3N3O2S. The second-order valence-corrected chi connectivity index (χ2v) is 4.67. The Bertz CT molecular complexity index is 545. The van der Waals surface area contributed by atoms with Crippen molar-refractivity contribution in [1.82, 2.24) is 0 Å². The highest BCUT2D eigenvalue weighted by molar-refractivity contribution is 7.93. The van der Waals surface area contributed by atoms with Crippen molar-refractivity contribution < 1.29 is 21.6 Å². The monoisotopic (exact) mass is 267 g/mol. The maximum absolute atomic E-state index is 13.1. The van der Waals surface area contributed by atoms with Gasteiger partial charge in [-0.05, 0) is 18.2 Å². The van der Waals surface area contributed by atoms with Crippen LogP contribution in [0.15, 0.2) is 18.2 Å². The van der Waals surface area contributed by atoms with Crippen LogP contribution in [0.25, 0.3) is 0 Å². The van der Waals surface area contributed by atoms with Crippen molar-refractivity contribution in [3.05, 3.63) is 29.6 Å². The molecule has 1 aromatic rings. The zero-order chi connectivity index (χ0) is 13.2. The molecule has 0 saturated heterocycles. The third-order valence-electron chi connectivity index (χ3n) is 1.75. The number of nitrogens with two attached hydrogens (primary N) is 1. The molecule has 0 aliphatic carbocycles. The lowest BCUT2D eigenvalue weighted by atomic mass is 10.2. The summed E-state index contributed by atoms with van der Waals surface area (Å²) in [6.07, 6.45) is 0. The van der Waals surface area contributed by atoms with Crippen LogP contribution in [0.5, 0.6) is 0 Å². The standard InChI is InChI=1S/C8H8F3N3O2S/c9-6-2-1-4(3-5(6)7(12)13)14-17(15,16)8(10)11/h1-3,8,14H,(H3,12,13). The quantitative estimate of drug-likeness (QED) is 0.562. The molecule has 0 fully saturated rings. The summed E-state index contributed by atoms with van der Waals surface area (Å²) in [6.45, 7) is 0. The molecule has 9 heteroatoms. The van der Waals surface area contributed by atoms with E-state index < -0.39 is 27.4 Å². The number of hydrogen-bond acceptors (Lipinski definition) is 3. The number of benzene rings is 1. The van der Waals surface area contributed by atoms with E-state index in [1.165, 1.54) is 0 Å². The van der Waals surface area contributed by atoms with E-state index in [4.69, 9.17) is 11.1 Å². The van der Waals surface area contributed by atoms with Gasteiger partial charge in [0.2, 0.25) is 0 Å². The van der Waals surface area contributed by atoms with Gasteiger partial charge in [-0.15, -0.1) is 0 Å². The lowest BCUT2D eigenvalue weighted by Crippen LogP contribution is -2.21. The molecule has 0 aliphatic rings. The molecule has 1 rings (SSSR count). The van der Waals surface area contributed by atoms with Gasteiger partial charge in [0, 0.05) is 5.69 Å². The molecule has 0 aromatic heterocycles. The normalized spacial score (nSPS) is 11.5. The first-order valence-electron chi connectivity index (χ1n) is 4.18. The zero-order valence-electron chi connectivity index (χ0n) is 8.25. The number of sulfonamides is 1. The lowest BCUT2D eigenvalue weighted by molar-refractivity contribution is 0.236. The van der Waals surface area contributed by atoms with E-state index in [9.17, 15) is 21.6 Å². The number of amidine groups is 1.